The van der Waals surface area contributed by atoms with E-state index in [1.165, 1.54) is 16.7 Å². The Bertz CT molecular complexity index is 1140. The minimum atomic E-state index is -0.578. The van der Waals surface area contributed by atoms with Crippen LogP contribution in [0, 0.1) is 5.92 Å². The summed E-state index contributed by atoms with van der Waals surface area (Å²) < 4.78 is 0. The largest absolute Gasteiger partial charge is 0.307 e. The molecule has 0 spiro atoms. The Morgan fingerprint density at radius 2 is 1.64 bits per heavy atom. The first-order chi connectivity index (χ1) is 13.5. The highest BCUT2D eigenvalue weighted by Crippen LogP contribution is 2.53. The average molecular weight is 429 g/mol. The molecule has 28 heavy (non-hydrogen) atoms. The van der Waals surface area contributed by atoms with Crippen molar-refractivity contribution in [3.8, 4) is 0 Å². The lowest BCUT2D eigenvalue weighted by molar-refractivity contribution is -0.122. The average Bonchev–Trinajstić information content (AvgIpc) is 3.18. The third-order valence-electron chi connectivity index (χ3n) is 5.07. The number of amides is 2. The molecule has 8 heteroatoms. The van der Waals surface area contributed by atoms with Crippen LogP contribution >= 0.6 is 34.7 Å². The molecule has 2 aliphatic heterocycles. The van der Waals surface area contributed by atoms with Crippen molar-refractivity contribution in [3.63, 3.8) is 0 Å². The molecule has 1 saturated heterocycles. The molecule has 0 bridgehead atoms. The van der Waals surface area contributed by atoms with Crippen LogP contribution in [-0.4, -0.2) is 22.0 Å². The van der Waals surface area contributed by atoms with Gasteiger partial charge in [-0.2, -0.15) is 0 Å². The summed E-state index contributed by atoms with van der Waals surface area (Å²) in [5, 5.41) is 0.645. The number of nitrogens with one attached hydrogen (secondary N) is 1. The molecule has 5 rings (SSSR count). The number of anilines is 1. The molecule has 140 valence electrons. The number of carbonyl (C=O) groups excluding carboxylic acids is 2. The molecule has 3 atom stereocenters. The minimum absolute atomic E-state index is 0.173. The summed E-state index contributed by atoms with van der Waals surface area (Å²) in [6, 6.07) is 16.3. The maximum Gasteiger partial charge on any atom is 0.305 e. The van der Waals surface area contributed by atoms with E-state index in [0.717, 1.165) is 21.8 Å². The fraction of sp³-hybridized carbons (Fsp3) is 0.150. The lowest BCUT2D eigenvalue weighted by Crippen LogP contribution is -2.32. The van der Waals surface area contributed by atoms with E-state index in [1.807, 2.05) is 30.3 Å². The molecule has 0 aliphatic carbocycles. The Hall–Kier alpha value is -2.35. The molecule has 1 fully saturated rings. The highest BCUT2D eigenvalue weighted by molar-refractivity contribution is 8.00. The van der Waals surface area contributed by atoms with Crippen molar-refractivity contribution in [2.24, 2.45) is 5.92 Å². The molecule has 3 heterocycles. The van der Waals surface area contributed by atoms with Crippen LogP contribution in [0.25, 0.3) is 0 Å². The van der Waals surface area contributed by atoms with Gasteiger partial charge in [0.1, 0.15) is 5.25 Å². The van der Waals surface area contributed by atoms with Crippen LogP contribution in [0.1, 0.15) is 16.4 Å². The van der Waals surface area contributed by atoms with Crippen LogP contribution in [0.15, 0.2) is 64.4 Å². The molecule has 0 unspecified atom stereocenters. The van der Waals surface area contributed by atoms with E-state index in [1.54, 1.807) is 24.3 Å². The predicted octanol–water partition coefficient (Wildman–Crippen LogP) is 3.89. The summed E-state index contributed by atoms with van der Waals surface area (Å²) >= 11 is 8.34. The van der Waals surface area contributed by atoms with Gasteiger partial charge in [0.05, 0.1) is 16.6 Å². The van der Waals surface area contributed by atoms with Gasteiger partial charge in [-0.15, -0.1) is 0 Å². The molecule has 0 radical (unpaired) electrons. The number of fused-ring (bicyclic) bond motifs is 2. The van der Waals surface area contributed by atoms with Crippen LogP contribution in [0.2, 0.25) is 5.02 Å². The van der Waals surface area contributed by atoms with Gasteiger partial charge in [-0.1, -0.05) is 65.0 Å². The first-order valence-corrected chi connectivity index (χ1v) is 10.7. The maximum atomic E-state index is 13.4. The van der Waals surface area contributed by atoms with Crippen molar-refractivity contribution in [3.05, 3.63) is 79.7 Å². The van der Waals surface area contributed by atoms with Crippen molar-refractivity contribution in [2.45, 2.75) is 16.2 Å². The molecule has 0 saturated carbocycles. The number of thioether (sulfide) groups is 1. The Labute approximate surface area is 173 Å². The fourth-order valence-electron chi connectivity index (χ4n) is 3.88. The molecule has 3 aromatic rings. The van der Waals surface area contributed by atoms with E-state index in [-0.39, 0.29) is 22.6 Å². The Morgan fingerprint density at radius 3 is 2.36 bits per heavy atom. The number of benzene rings is 2. The first-order valence-electron chi connectivity index (χ1n) is 8.62. The normalized spacial score (nSPS) is 23.6. The summed E-state index contributed by atoms with van der Waals surface area (Å²) in [5.41, 5.74) is 1.44. The van der Waals surface area contributed by atoms with Crippen LogP contribution < -0.4 is 9.77 Å². The van der Waals surface area contributed by atoms with Gasteiger partial charge >= 0.3 is 4.87 Å². The first kappa shape index (κ1) is 17.7. The number of nitrogens with zero attached hydrogens (tertiary/aromatic N) is 1. The second kappa shape index (κ2) is 6.62. The second-order valence-corrected chi connectivity index (χ2v) is 9.25. The smallest absolute Gasteiger partial charge is 0.305 e. The number of thiazole rings is 1. The van der Waals surface area contributed by atoms with E-state index in [0.29, 0.717) is 15.7 Å². The van der Waals surface area contributed by atoms with E-state index >= 15 is 0 Å². The summed E-state index contributed by atoms with van der Waals surface area (Å²) in [7, 11) is 0. The number of H-pyrrole nitrogens is 1. The molecule has 1 N–H and O–H groups in total. The molecular formula is C20H13ClN2O3S2. The van der Waals surface area contributed by atoms with Crippen LogP contribution in [0.5, 0.6) is 0 Å². The van der Waals surface area contributed by atoms with Crippen molar-refractivity contribution < 1.29 is 9.59 Å². The topological polar surface area (TPSA) is 70.2 Å². The van der Waals surface area contributed by atoms with Crippen LogP contribution in [0.3, 0.4) is 0 Å². The molecular weight excluding hydrogens is 416 g/mol. The van der Waals surface area contributed by atoms with Gasteiger partial charge in [0, 0.05) is 15.8 Å². The van der Waals surface area contributed by atoms with Gasteiger partial charge in [0.2, 0.25) is 11.8 Å². The quantitative estimate of drug-likeness (QED) is 0.629. The number of aromatic nitrogens is 1. The Kier molecular flexibility index (Phi) is 4.19. The summed E-state index contributed by atoms with van der Waals surface area (Å²) in [5.74, 6) is -1.40. The third-order valence-corrected chi connectivity index (χ3v) is 7.72. The number of aromatic amines is 1. The highest BCUT2D eigenvalue weighted by atomic mass is 35.5. The SMILES string of the molecule is O=C1[C@H]2[C@@H](c3ccccc3)c3sc(=O)[nH]c3S[C@@H]2C(=O)N1c1ccc(Cl)cc1. The number of carbonyl (C=O) groups is 2. The van der Waals surface area contributed by atoms with Gasteiger partial charge in [0.15, 0.2) is 0 Å². The summed E-state index contributed by atoms with van der Waals surface area (Å²) in [6.45, 7) is 0. The van der Waals surface area contributed by atoms with Gasteiger partial charge in [0.25, 0.3) is 0 Å². The van der Waals surface area contributed by atoms with E-state index in [9.17, 15) is 14.4 Å². The molecule has 2 aliphatic rings. The molecule has 5 nitrogen and oxygen atoms in total. The number of hydrogen-bond acceptors (Lipinski definition) is 5. The molecule has 2 amide bonds. The van der Waals surface area contributed by atoms with E-state index in [4.69, 9.17) is 11.6 Å². The lowest BCUT2D eigenvalue weighted by atomic mass is 9.83. The molecule has 1 aromatic heterocycles. The van der Waals surface area contributed by atoms with Crippen molar-refractivity contribution in [1.29, 1.82) is 0 Å². The zero-order valence-corrected chi connectivity index (χ0v) is 16.7. The highest BCUT2D eigenvalue weighted by Gasteiger charge is 2.56. The fourth-order valence-corrected chi connectivity index (χ4v) is 6.52. The van der Waals surface area contributed by atoms with Gasteiger partial charge in [-0.25, -0.2) is 4.90 Å². The van der Waals surface area contributed by atoms with Crippen LogP contribution in [0.4, 0.5) is 5.69 Å². The predicted molar refractivity (Wildman–Crippen MR) is 110 cm³/mol. The number of hydrogen-bond donors (Lipinski definition) is 1. The maximum absolute atomic E-state index is 13.4. The molecule has 2 aromatic carbocycles. The van der Waals surface area contributed by atoms with Crippen molar-refractivity contribution in [1.82, 2.24) is 4.98 Å². The summed E-state index contributed by atoms with van der Waals surface area (Å²) in [6.07, 6.45) is 0. The zero-order chi connectivity index (χ0) is 19.4. The van der Waals surface area contributed by atoms with E-state index in [2.05, 4.69) is 4.98 Å². The van der Waals surface area contributed by atoms with Gasteiger partial charge in [-0.05, 0) is 29.8 Å². The van der Waals surface area contributed by atoms with Crippen molar-refractivity contribution in [2.75, 3.05) is 4.90 Å². The van der Waals surface area contributed by atoms with E-state index < -0.39 is 11.2 Å². The zero-order valence-electron chi connectivity index (χ0n) is 14.3. The Balaban J connectivity index is 1.65. The van der Waals surface area contributed by atoms with Crippen molar-refractivity contribution >= 4 is 52.2 Å². The second-order valence-electron chi connectivity index (χ2n) is 6.65. The van der Waals surface area contributed by atoms with Gasteiger partial charge < -0.3 is 4.98 Å². The Morgan fingerprint density at radius 1 is 0.929 bits per heavy atom. The third kappa shape index (κ3) is 2.65. The lowest BCUT2D eigenvalue weighted by Gasteiger charge is -2.29. The monoisotopic (exact) mass is 428 g/mol. The standard InChI is InChI=1S/C20H13ClN2O3S2/c21-11-6-8-12(9-7-11)23-18(24)14-13(10-4-2-1-3-5-10)15-17(22-20(26)28-15)27-16(14)19(23)25/h1-9,13-14,16H,(H,22,26)/t13-,14+,16+/m1/s1. The number of halogens is 1. The van der Waals surface area contributed by atoms with Crippen LogP contribution in [-0.2, 0) is 9.59 Å². The number of rotatable bonds is 2. The minimum Gasteiger partial charge on any atom is -0.307 e. The summed E-state index contributed by atoms with van der Waals surface area (Å²) in [4.78, 5) is 43.3. The number of imide groups is 1. The van der Waals surface area contributed by atoms with Gasteiger partial charge in [-0.3, -0.25) is 14.4 Å².